The van der Waals surface area contributed by atoms with Crippen LogP contribution < -0.4 is 14.8 Å². The van der Waals surface area contributed by atoms with Crippen LogP contribution in [-0.4, -0.2) is 32.2 Å². The molecule has 0 fully saturated rings. The van der Waals surface area contributed by atoms with E-state index in [1.165, 1.54) is 11.3 Å². The van der Waals surface area contributed by atoms with Gasteiger partial charge in [0, 0.05) is 4.88 Å². The summed E-state index contributed by atoms with van der Waals surface area (Å²) in [6, 6.07) is 7.14. The van der Waals surface area contributed by atoms with Crippen LogP contribution in [-0.2, 0) is 9.53 Å². The average Bonchev–Trinajstić information content (AvgIpc) is 2.89. The fraction of sp³-hybridized carbons (Fsp3) is 0.368. The molecule has 0 unspecified atom stereocenters. The zero-order valence-electron chi connectivity index (χ0n) is 15.4. The molecule has 0 atom stereocenters. The van der Waals surface area contributed by atoms with Crippen molar-refractivity contribution in [3.05, 3.63) is 40.3 Å². The van der Waals surface area contributed by atoms with E-state index in [0.29, 0.717) is 16.3 Å². The number of hydrogen-bond acceptors (Lipinski definition) is 6. The third-order valence-corrected chi connectivity index (χ3v) is 4.90. The number of methoxy groups -OCH3 is 1. The average molecular weight is 377 g/mol. The fourth-order valence-electron chi connectivity index (χ4n) is 2.29. The summed E-state index contributed by atoms with van der Waals surface area (Å²) in [7, 11) is 1.60. The minimum Gasteiger partial charge on any atom is -0.497 e. The van der Waals surface area contributed by atoms with Gasteiger partial charge in [-0.05, 0) is 50.6 Å². The number of thiophene rings is 1. The molecule has 26 heavy (non-hydrogen) atoms. The maximum atomic E-state index is 12.2. The second-order valence-electron chi connectivity index (χ2n) is 5.53. The van der Waals surface area contributed by atoms with Crippen LogP contribution in [0.2, 0.25) is 0 Å². The Morgan fingerprint density at radius 1 is 1.12 bits per heavy atom. The molecule has 6 nitrogen and oxygen atoms in total. The Kier molecular flexibility index (Phi) is 7.03. The first-order chi connectivity index (χ1) is 12.5. The molecule has 0 bridgehead atoms. The Morgan fingerprint density at radius 3 is 2.38 bits per heavy atom. The highest BCUT2D eigenvalue weighted by atomic mass is 32.1. The van der Waals surface area contributed by atoms with Gasteiger partial charge in [-0.1, -0.05) is 0 Å². The number of carbonyl (C=O) groups excluding carboxylic acids is 2. The molecule has 0 radical (unpaired) electrons. The number of rotatable bonds is 8. The summed E-state index contributed by atoms with van der Waals surface area (Å²) in [5, 5.41) is 3.32. The lowest BCUT2D eigenvalue weighted by Gasteiger charge is -2.09. The molecule has 1 aromatic heterocycles. The molecule has 7 heteroatoms. The van der Waals surface area contributed by atoms with E-state index >= 15 is 0 Å². The molecule has 140 valence electrons. The van der Waals surface area contributed by atoms with E-state index in [9.17, 15) is 9.59 Å². The van der Waals surface area contributed by atoms with Crippen molar-refractivity contribution in [2.45, 2.75) is 27.2 Å². The van der Waals surface area contributed by atoms with Gasteiger partial charge in [-0.3, -0.25) is 4.79 Å². The van der Waals surface area contributed by atoms with Crippen molar-refractivity contribution >= 4 is 28.2 Å². The van der Waals surface area contributed by atoms with Crippen LogP contribution in [0.4, 0.5) is 5.00 Å². The molecule has 0 spiro atoms. The first-order valence-electron chi connectivity index (χ1n) is 8.30. The number of carbonyl (C=O) groups is 2. The Morgan fingerprint density at radius 2 is 1.77 bits per heavy atom. The second-order valence-corrected chi connectivity index (χ2v) is 6.75. The van der Waals surface area contributed by atoms with Crippen LogP contribution in [0.3, 0.4) is 0 Å². The summed E-state index contributed by atoms with van der Waals surface area (Å²) >= 11 is 1.37. The van der Waals surface area contributed by atoms with Gasteiger partial charge in [0.15, 0.2) is 0 Å². The molecular weight excluding hydrogens is 354 g/mol. The number of nitrogens with one attached hydrogen (secondary N) is 1. The highest BCUT2D eigenvalue weighted by Gasteiger charge is 2.21. The van der Waals surface area contributed by atoms with Crippen molar-refractivity contribution in [3.8, 4) is 11.5 Å². The lowest BCUT2D eigenvalue weighted by Crippen LogP contribution is -2.17. The first-order valence-corrected chi connectivity index (χ1v) is 9.11. The lowest BCUT2D eigenvalue weighted by atomic mass is 10.1. The summed E-state index contributed by atoms with van der Waals surface area (Å²) in [5.74, 6) is 0.767. The molecule has 1 amide bonds. The van der Waals surface area contributed by atoms with Crippen molar-refractivity contribution in [2.24, 2.45) is 0 Å². The molecule has 1 aromatic carbocycles. The van der Waals surface area contributed by atoms with Gasteiger partial charge in [-0.25, -0.2) is 4.79 Å². The van der Waals surface area contributed by atoms with Crippen molar-refractivity contribution < 1.29 is 23.8 Å². The van der Waals surface area contributed by atoms with E-state index in [2.05, 4.69) is 5.32 Å². The zero-order valence-corrected chi connectivity index (χ0v) is 16.2. The quantitative estimate of drug-likeness (QED) is 0.705. The Bertz CT molecular complexity index is 767. The van der Waals surface area contributed by atoms with Gasteiger partial charge < -0.3 is 19.5 Å². The SMILES string of the molecule is CCOC(=O)c1c(NC(=O)CCOc2ccc(OC)cc2)sc(C)c1C. The van der Waals surface area contributed by atoms with Crippen molar-refractivity contribution in [3.63, 3.8) is 0 Å². The van der Waals surface area contributed by atoms with Crippen LogP contribution in [0.1, 0.15) is 34.1 Å². The number of benzene rings is 1. The molecule has 0 saturated heterocycles. The number of aryl methyl sites for hydroxylation is 1. The van der Waals surface area contributed by atoms with E-state index in [-0.39, 0.29) is 25.5 Å². The number of amides is 1. The zero-order chi connectivity index (χ0) is 19.1. The molecule has 1 N–H and O–H groups in total. The monoisotopic (exact) mass is 377 g/mol. The second kappa shape index (κ2) is 9.24. The highest BCUT2D eigenvalue weighted by molar-refractivity contribution is 7.16. The molecule has 1 heterocycles. The summed E-state index contributed by atoms with van der Waals surface area (Å²) in [6.07, 6.45) is 0.171. The van der Waals surface area contributed by atoms with E-state index in [1.807, 2.05) is 13.8 Å². The maximum Gasteiger partial charge on any atom is 0.341 e. The Hall–Kier alpha value is -2.54. The van der Waals surface area contributed by atoms with Gasteiger partial charge in [0.05, 0.1) is 32.3 Å². The van der Waals surface area contributed by atoms with Crippen LogP contribution in [0.25, 0.3) is 0 Å². The lowest BCUT2D eigenvalue weighted by molar-refractivity contribution is -0.116. The fourth-order valence-corrected chi connectivity index (χ4v) is 3.35. The van der Waals surface area contributed by atoms with Crippen molar-refractivity contribution in [2.75, 3.05) is 25.6 Å². The third-order valence-electron chi connectivity index (χ3n) is 3.78. The number of anilines is 1. The minimum absolute atomic E-state index is 0.171. The van der Waals surface area contributed by atoms with Gasteiger partial charge in [0.2, 0.25) is 5.91 Å². The van der Waals surface area contributed by atoms with E-state index in [4.69, 9.17) is 14.2 Å². The van der Waals surface area contributed by atoms with Crippen LogP contribution in [0.5, 0.6) is 11.5 Å². The predicted octanol–water partition coefficient (Wildman–Crippen LogP) is 3.96. The largest absolute Gasteiger partial charge is 0.497 e. The van der Waals surface area contributed by atoms with Crippen LogP contribution in [0.15, 0.2) is 24.3 Å². The number of esters is 1. The molecular formula is C19H23NO5S. The van der Waals surface area contributed by atoms with Gasteiger partial charge in [0.1, 0.15) is 16.5 Å². The van der Waals surface area contributed by atoms with Gasteiger partial charge >= 0.3 is 5.97 Å². The maximum absolute atomic E-state index is 12.2. The smallest absolute Gasteiger partial charge is 0.341 e. The van der Waals surface area contributed by atoms with Crippen molar-refractivity contribution in [1.29, 1.82) is 0 Å². The molecule has 0 aliphatic rings. The Balaban J connectivity index is 1.93. The molecule has 0 aliphatic carbocycles. The van der Waals surface area contributed by atoms with E-state index < -0.39 is 5.97 Å². The minimum atomic E-state index is -0.417. The van der Waals surface area contributed by atoms with Gasteiger partial charge in [0.25, 0.3) is 0 Å². The van der Waals surface area contributed by atoms with Crippen LogP contribution >= 0.6 is 11.3 Å². The van der Waals surface area contributed by atoms with Crippen molar-refractivity contribution in [1.82, 2.24) is 0 Å². The summed E-state index contributed by atoms with van der Waals surface area (Å²) in [4.78, 5) is 25.3. The highest BCUT2D eigenvalue weighted by Crippen LogP contribution is 2.33. The normalized spacial score (nSPS) is 10.3. The van der Waals surface area contributed by atoms with E-state index in [0.717, 1.165) is 16.2 Å². The van der Waals surface area contributed by atoms with Gasteiger partial charge in [-0.15, -0.1) is 11.3 Å². The van der Waals surface area contributed by atoms with E-state index in [1.54, 1.807) is 38.3 Å². The Labute approximate surface area is 157 Å². The summed E-state index contributed by atoms with van der Waals surface area (Å²) in [5.41, 5.74) is 1.26. The van der Waals surface area contributed by atoms with Gasteiger partial charge in [-0.2, -0.15) is 0 Å². The summed E-state index contributed by atoms with van der Waals surface area (Å²) in [6.45, 7) is 6.03. The number of ether oxygens (including phenoxy) is 3. The first kappa shape index (κ1) is 19.8. The summed E-state index contributed by atoms with van der Waals surface area (Å²) < 4.78 is 15.7. The number of hydrogen-bond donors (Lipinski definition) is 1. The van der Waals surface area contributed by atoms with Crippen LogP contribution in [0, 0.1) is 13.8 Å². The third kappa shape index (κ3) is 4.98. The molecule has 2 rings (SSSR count). The topological polar surface area (TPSA) is 73.9 Å². The molecule has 0 aliphatic heterocycles. The predicted molar refractivity (Wildman–Crippen MR) is 101 cm³/mol. The molecule has 2 aromatic rings. The molecule has 0 saturated carbocycles. The standard InChI is InChI=1S/C19H23NO5S/c1-5-24-19(22)17-12(2)13(3)26-18(17)20-16(21)10-11-25-15-8-6-14(23-4)7-9-15/h6-9H,5,10-11H2,1-4H3,(H,20,21).